The summed E-state index contributed by atoms with van der Waals surface area (Å²) >= 11 is 0. The van der Waals surface area contributed by atoms with Crippen molar-refractivity contribution in [2.24, 2.45) is 10.9 Å². The Morgan fingerprint density at radius 3 is 2.43 bits per heavy atom. The highest BCUT2D eigenvalue weighted by Crippen LogP contribution is 2.43. The molecule has 0 N–H and O–H groups in total. The Kier molecular flexibility index (Phi) is 7.63. The first kappa shape index (κ1) is 26.3. The number of hydrogen-bond donors (Lipinski definition) is 0. The molecule has 196 valence electrons. The van der Waals surface area contributed by atoms with Crippen molar-refractivity contribution in [3.63, 3.8) is 0 Å². The smallest absolute Gasteiger partial charge is 0.430 e. The Morgan fingerprint density at radius 1 is 1.14 bits per heavy atom. The van der Waals surface area contributed by atoms with E-state index < -0.39 is 41.5 Å². The van der Waals surface area contributed by atoms with Gasteiger partial charge in [0, 0.05) is 11.6 Å². The third kappa shape index (κ3) is 6.16. The summed E-state index contributed by atoms with van der Waals surface area (Å²) in [7, 11) is 0.924. The highest BCUT2D eigenvalue weighted by molar-refractivity contribution is 6.10. The van der Waals surface area contributed by atoms with Crippen molar-refractivity contribution in [3.8, 4) is 5.75 Å². The van der Waals surface area contributed by atoms with Crippen molar-refractivity contribution in [1.29, 1.82) is 0 Å². The van der Waals surface area contributed by atoms with Gasteiger partial charge in [-0.2, -0.15) is 13.2 Å². The van der Waals surface area contributed by atoms with Gasteiger partial charge in [0.1, 0.15) is 42.5 Å². The number of allylic oxidation sites excluding steroid dienone is 1. The number of nitrogens with zero attached hydrogens (tertiary/aromatic N) is 1. The number of esters is 2. The third-order valence-corrected chi connectivity index (χ3v) is 5.92. The SMILES string of the molecule is COC(=O)C1C(C(F)(F)F)=NC(C)=C(C(=O)OCc2ccc(OCC3CO3)cc2)C1c1cccc(F)c1. The second-order valence-corrected chi connectivity index (χ2v) is 8.51. The van der Waals surface area contributed by atoms with E-state index in [9.17, 15) is 27.2 Å². The van der Waals surface area contributed by atoms with Crippen molar-refractivity contribution >= 4 is 17.7 Å². The maximum atomic E-state index is 14.1. The first-order valence-corrected chi connectivity index (χ1v) is 11.3. The van der Waals surface area contributed by atoms with Crippen LogP contribution in [0.15, 0.2) is 64.8 Å². The van der Waals surface area contributed by atoms with E-state index in [2.05, 4.69) is 9.73 Å². The van der Waals surface area contributed by atoms with Crippen molar-refractivity contribution in [3.05, 3.63) is 76.7 Å². The van der Waals surface area contributed by atoms with E-state index in [1.165, 1.54) is 19.1 Å². The molecule has 2 aromatic rings. The maximum absolute atomic E-state index is 14.1. The van der Waals surface area contributed by atoms with E-state index in [0.29, 0.717) is 24.5 Å². The first-order chi connectivity index (χ1) is 17.6. The van der Waals surface area contributed by atoms with Gasteiger partial charge in [-0.15, -0.1) is 0 Å². The van der Waals surface area contributed by atoms with Crippen molar-refractivity contribution in [1.82, 2.24) is 0 Å². The Balaban J connectivity index is 1.63. The summed E-state index contributed by atoms with van der Waals surface area (Å²) in [4.78, 5) is 29.3. The number of methoxy groups -OCH3 is 1. The average Bonchev–Trinajstić information content (AvgIpc) is 3.69. The molecule has 2 aromatic carbocycles. The van der Waals surface area contributed by atoms with Crippen LogP contribution in [0.1, 0.15) is 24.0 Å². The summed E-state index contributed by atoms with van der Waals surface area (Å²) in [6, 6.07) is 11.4. The van der Waals surface area contributed by atoms with E-state index in [1.807, 2.05) is 0 Å². The Morgan fingerprint density at radius 2 is 1.84 bits per heavy atom. The van der Waals surface area contributed by atoms with Gasteiger partial charge in [-0.25, -0.2) is 9.18 Å². The minimum absolute atomic E-state index is 0.0282. The topological polar surface area (TPSA) is 86.7 Å². The third-order valence-electron chi connectivity index (χ3n) is 5.92. The highest BCUT2D eigenvalue weighted by Gasteiger charge is 2.52. The molecule has 0 aliphatic carbocycles. The number of benzene rings is 2. The number of halogens is 4. The minimum atomic E-state index is -5.00. The lowest BCUT2D eigenvalue weighted by molar-refractivity contribution is -0.146. The number of epoxide rings is 1. The molecule has 0 aromatic heterocycles. The number of hydrogen-bond acceptors (Lipinski definition) is 7. The number of ether oxygens (including phenoxy) is 4. The zero-order chi connectivity index (χ0) is 26.7. The molecule has 0 radical (unpaired) electrons. The van der Waals surface area contributed by atoms with E-state index in [-0.39, 0.29) is 29.5 Å². The van der Waals surface area contributed by atoms with Crippen LogP contribution < -0.4 is 4.74 Å². The molecular formula is C26H23F4NO6. The Hall–Kier alpha value is -3.73. The molecule has 0 spiro atoms. The predicted molar refractivity (Wildman–Crippen MR) is 122 cm³/mol. The average molecular weight is 521 g/mol. The molecule has 1 fully saturated rings. The van der Waals surface area contributed by atoms with Gasteiger partial charge in [0.25, 0.3) is 0 Å². The quantitative estimate of drug-likeness (QED) is 0.289. The fraction of sp³-hybridized carbons (Fsp3) is 0.346. The number of carbonyl (C=O) groups excluding carboxylic acids is 2. The molecule has 7 nitrogen and oxygen atoms in total. The van der Waals surface area contributed by atoms with Crippen LogP contribution in [0.3, 0.4) is 0 Å². The number of carbonyl (C=O) groups is 2. The molecular weight excluding hydrogens is 498 g/mol. The van der Waals surface area contributed by atoms with Crippen LogP contribution in [0.2, 0.25) is 0 Å². The standard InChI is InChI=1S/C26H23F4NO6/c1-14-20(25(33)37-11-15-6-8-18(9-7-15)35-12-19-13-36-19)21(16-4-3-5-17(27)10-16)22(24(32)34-2)23(31-14)26(28,29)30/h3-10,19,21-22H,11-13H2,1-2H3. The lowest BCUT2D eigenvalue weighted by Gasteiger charge is -2.33. The normalized spacial score (nSPS) is 21.2. The molecule has 37 heavy (non-hydrogen) atoms. The van der Waals surface area contributed by atoms with Crippen LogP contribution in [0.5, 0.6) is 5.75 Å². The first-order valence-electron chi connectivity index (χ1n) is 11.3. The number of alkyl halides is 3. The van der Waals surface area contributed by atoms with Crippen LogP contribution in [-0.2, 0) is 30.4 Å². The van der Waals surface area contributed by atoms with Gasteiger partial charge in [0.15, 0.2) is 0 Å². The molecule has 2 aliphatic heterocycles. The molecule has 0 bridgehead atoms. The van der Waals surface area contributed by atoms with Crippen molar-refractivity contribution < 1.29 is 46.1 Å². The Bertz CT molecular complexity index is 1230. The molecule has 3 atom stereocenters. The highest BCUT2D eigenvalue weighted by atomic mass is 19.4. The van der Waals surface area contributed by atoms with Crippen LogP contribution in [-0.4, -0.2) is 50.3 Å². The summed E-state index contributed by atoms with van der Waals surface area (Å²) in [5.74, 6) is -5.99. The summed E-state index contributed by atoms with van der Waals surface area (Å²) in [6.45, 7) is 2.07. The van der Waals surface area contributed by atoms with Gasteiger partial charge in [0.05, 0.1) is 19.3 Å². The lowest BCUT2D eigenvalue weighted by atomic mass is 9.75. The molecule has 3 unspecified atom stereocenters. The molecule has 4 rings (SSSR count). The van der Waals surface area contributed by atoms with E-state index in [4.69, 9.17) is 14.2 Å². The van der Waals surface area contributed by atoms with E-state index in [1.54, 1.807) is 24.3 Å². The fourth-order valence-electron chi connectivity index (χ4n) is 4.07. The van der Waals surface area contributed by atoms with Crippen molar-refractivity contribution in [2.75, 3.05) is 20.3 Å². The van der Waals surface area contributed by atoms with Gasteiger partial charge in [-0.05, 0) is 42.3 Å². The van der Waals surface area contributed by atoms with E-state index in [0.717, 1.165) is 19.2 Å². The predicted octanol–water partition coefficient (Wildman–Crippen LogP) is 4.51. The fourth-order valence-corrected chi connectivity index (χ4v) is 4.07. The second kappa shape index (κ2) is 10.7. The van der Waals surface area contributed by atoms with Gasteiger partial charge in [-0.1, -0.05) is 24.3 Å². The van der Waals surface area contributed by atoms with Gasteiger partial charge < -0.3 is 18.9 Å². The zero-order valence-electron chi connectivity index (χ0n) is 19.9. The van der Waals surface area contributed by atoms with Crippen LogP contribution >= 0.6 is 0 Å². The number of rotatable bonds is 8. The summed E-state index contributed by atoms with van der Waals surface area (Å²) < 4.78 is 76.4. The summed E-state index contributed by atoms with van der Waals surface area (Å²) in [6.07, 6.45) is -4.91. The molecule has 0 amide bonds. The summed E-state index contributed by atoms with van der Waals surface area (Å²) in [5, 5.41) is 0. The maximum Gasteiger partial charge on any atom is 0.430 e. The van der Waals surface area contributed by atoms with E-state index >= 15 is 0 Å². The largest absolute Gasteiger partial charge is 0.491 e. The van der Waals surface area contributed by atoms with Crippen LogP contribution in [0.4, 0.5) is 17.6 Å². The monoisotopic (exact) mass is 521 g/mol. The van der Waals surface area contributed by atoms with Gasteiger partial charge >= 0.3 is 18.1 Å². The zero-order valence-corrected chi connectivity index (χ0v) is 19.9. The lowest BCUT2D eigenvalue weighted by Crippen LogP contribution is -2.43. The molecule has 11 heteroatoms. The van der Waals surface area contributed by atoms with Crippen LogP contribution in [0.25, 0.3) is 0 Å². The van der Waals surface area contributed by atoms with Gasteiger partial charge in [-0.3, -0.25) is 9.79 Å². The molecule has 2 heterocycles. The second-order valence-electron chi connectivity index (χ2n) is 8.51. The number of aliphatic imine (C=N–C) groups is 1. The minimum Gasteiger partial charge on any atom is -0.491 e. The molecule has 0 saturated carbocycles. The van der Waals surface area contributed by atoms with Gasteiger partial charge in [0.2, 0.25) is 0 Å². The summed E-state index contributed by atoms with van der Waals surface area (Å²) in [5.41, 5.74) is -1.46. The molecule has 2 aliphatic rings. The molecule has 1 saturated heterocycles. The van der Waals surface area contributed by atoms with Crippen LogP contribution in [0, 0.1) is 11.7 Å². The van der Waals surface area contributed by atoms with Crippen molar-refractivity contribution in [2.45, 2.75) is 31.7 Å². The Labute approximate surface area is 209 Å².